The summed E-state index contributed by atoms with van der Waals surface area (Å²) in [5.41, 5.74) is 1.34. The first-order valence-corrected chi connectivity index (χ1v) is 8.96. The maximum absolute atomic E-state index is 13.1. The van der Waals surface area contributed by atoms with Gasteiger partial charge in [-0.2, -0.15) is 0 Å². The van der Waals surface area contributed by atoms with Crippen LogP contribution in [-0.2, 0) is 11.3 Å². The first-order chi connectivity index (χ1) is 12.4. The van der Waals surface area contributed by atoms with Crippen molar-refractivity contribution in [3.63, 3.8) is 0 Å². The lowest BCUT2D eigenvalue weighted by atomic mass is 10.1. The van der Waals surface area contributed by atoms with E-state index in [9.17, 15) is 14.0 Å². The Morgan fingerprint density at radius 2 is 1.96 bits per heavy atom. The number of carbonyl (C=O) groups excluding carboxylic acids is 2. The molecule has 26 heavy (non-hydrogen) atoms. The van der Waals surface area contributed by atoms with Crippen molar-refractivity contribution >= 4 is 27.7 Å². The fraction of sp³-hybridized carbons (Fsp3) is 0.263. The summed E-state index contributed by atoms with van der Waals surface area (Å²) in [6.07, 6.45) is -0.761. The van der Waals surface area contributed by atoms with Crippen LogP contribution in [-0.4, -0.2) is 24.5 Å². The number of halogens is 2. The lowest BCUT2D eigenvalue weighted by molar-refractivity contribution is -0.127. The number of hydrogen-bond acceptors (Lipinski definition) is 3. The Kier molecular flexibility index (Phi) is 7.15. The summed E-state index contributed by atoms with van der Waals surface area (Å²) in [7, 11) is 0. The van der Waals surface area contributed by atoms with E-state index in [0.717, 1.165) is 5.56 Å². The lowest BCUT2D eigenvalue weighted by Gasteiger charge is -2.16. The van der Waals surface area contributed by atoms with E-state index >= 15 is 0 Å². The zero-order valence-corrected chi connectivity index (χ0v) is 16.1. The molecule has 2 rings (SSSR count). The second kappa shape index (κ2) is 9.33. The molecule has 0 saturated carbocycles. The van der Waals surface area contributed by atoms with E-state index < -0.39 is 11.9 Å². The van der Waals surface area contributed by atoms with E-state index in [1.807, 2.05) is 13.0 Å². The first kappa shape index (κ1) is 19.9. The molecular weight excluding hydrogens is 403 g/mol. The molecule has 2 aromatic rings. The minimum absolute atomic E-state index is 0.154. The molecule has 138 valence electrons. The van der Waals surface area contributed by atoms with Crippen molar-refractivity contribution in [1.82, 2.24) is 10.6 Å². The van der Waals surface area contributed by atoms with Gasteiger partial charge in [0.25, 0.3) is 11.8 Å². The van der Waals surface area contributed by atoms with Crippen LogP contribution in [0.1, 0.15) is 29.8 Å². The predicted octanol–water partition coefficient (Wildman–Crippen LogP) is 3.42. The smallest absolute Gasteiger partial charge is 0.261 e. The molecular formula is C19H20BrFN2O3. The van der Waals surface area contributed by atoms with Crippen molar-refractivity contribution in [1.29, 1.82) is 0 Å². The summed E-state index contributed by atoms with van der Waals surface area (Å²) in [6.45, 7) is 4.27. The highest BCUT2D eigenvalue weighted by Crippen LogP contribution is 2.26. The van der Waals surface area contributed by atoms with Crippen LogP contribution >= 0.6 is 15.9 Å². The van der Waals surface area contributed by atoms with Crippen LogP contribution in [0.2, 0.25) is 0 Å². The number of hydrogen-bond donors (Lipinski definition) is 2. The maximum atomic E-state index is 13.1. The van der Waals surface area contributed by atoms with E-state index in [1.54, 1.807) is 25.1 Å². The monoisotopic (exact) mass is 422 g/mol. The SMILES string of the molecule is CCNC(=O)c1cccc(CNC(=O)C(C)Oc2ccc(F)cc2Br)c1. The van der Waals surface area contributed by atoms with E-state index in [1.165, 1.54) is 18.2 Å². The molecule has 1 atom stereocenters. The Morgan fingerprint density at radius 1 is 1.19 bits per heavy atom. The summed E-state index contributed by atoms with van der Waals surface area (Å²) in [4.78, 5) is 24.1. The van der Waals surface area contributed by atoms with E-state index in [0.29, 0.717) is 22.3 Å². The number of ether oxygens (including phenoxy) is 1. The highest BCUT2D eigenvalue weighted by Gasteiger charge is 2.16. The van der Waals surface area contributed by atoms with Crippen molar-refractivity contribution in [3.8, 4) is 5.75 Å². The van der Waals surface area contributed by atoms with Gasteiger partial charge >= 0.3 is 0 Å². The molecule has 0 spiro atoms. The van der Waals surface area contributed by atoms with Gasteiger partial charge in [0.15, 0.2) is 6.10 Å². The van der Waals surface area contributed by atoms with Crippen molar-refractivity contribution < 1.29 is 18.7 Å². The Bertz CT molecular complexity index is 798. The van der Waals surface area contributed by atoms with Gasteiger partial charge in [-0.3, -0.25) is 9.59 Å². The minimum atomic E-state index is -0.761. The predicted molar refractivity (Wildman–Crippen MR) is 100 cm³/mol. The molecule has 2 aromatic carbocycles. The number of rotatable bonds is 7. The fourth-order valence-electron chi connectivity index (χ4n) is 2.23. The highest BCUT2D eigenvalue weighted by molar-refractivity contribution is 9.10. The number of carbonyl (C=O) groups is 2. The molecule has 0 aromatic heterocycles. The van der Waals surface area contributed by atoms with Gasteiger partial charge in [-0.05, 0) is 65.7 Å². The summed E-state index contributed by atoms with van der Waals surface area (Å²) >= 11 is 3.20. The third-order valence-electron chi connectivity index (χ3n) is 3.56. The topological polar surface area (TPSA) is 67.4 Å². The van der Waals surface area contributed by atoms with Crippen LogP contribution in [0, 0.1) is 5.82 Å². The maximum Gasteiger partial charge on any atom is 0.261 e. The van der Waals surface area contributed by atoms with Crippen molar-refractivity contribution in [2.45, 2.75) is 26.5 Å². The van der Waals surface area contributed by atoms with Gasteiger partial charge in [-0.1, -0.05) is 12.1 Å². The molecule has 5 nitrogen and oxygen atoms in total. The first-order valence-electron chi connectivity index (χ1n) is 8.17. The van der Waals surface area contributed by atoms with Gasteiger partial charge in [-0.15, -0.1) is 0 Å². The molecule has 0 bridgehead atoms. The largest absolute Gasteiger partial charge is 0.480 e. The molecule has 1 unspecified atom stereocenters. The van der Waals surface area contributed by atoms with Crippen molar-refractivity contribution in [3.05, 3.63) is 63.9 Å². The lowest BCUT2D eigenvalue weighted by Crippen LogP contribution is -2.36. The molecule has 0 saturated heterocycles. The molecule has 0 fully saturated rings. The molecule has 0 aliphatic carbocycles. The van der Waals surface area contributed by atoms with Gasteiger partial charge in [0.2, 0.25) is 0 Å². The van der Waals surface area contributed by atoms with Gasteiger partial charge in [0, 0.05) is 18.7 Å². The average molecular weight is 423 g/mol. The summed E-state index contributed by atoms with van der Waals surface area (Å²) in [6, 6.07) is 11.0. The Morgan fingerprint density at radius 3 is 2.65 bits per heavy atom. The Hall–Kier alpha value is -2.41. The quantitative estimate of drug-likeness (QED) is 0.717. The van der Waals surface area contributed by atoms with Gasteiger partial charge in [0.1, 0.15) is 11.6 Å². The van der Waals surface area contributed by atoms with E-state index in [4.69, 9.17) is 4.74 Å². The normalized spacial score (nSPS) is 11.5. The Balaban J connectivity index is 1.93. The van der Waals surface area contributed by atoms with Crippen molar-refractivity contribution in [2.24, 2.45) is 0 Å². The molecule has 7 heteroatoms. The molecule has 2 amide bonds. The molecule has 0 heterocycles. The molecule has 0 aliphatic heterocycles. The molecule has 2 N–H and O–H groups in total. The van der Waals surface area contributed by atoms with Gasteiger partial charge < -0.3 is 15.4 Å². The van der Waals surface area contributed by atoms with E-state index in [2.05, 4.69) is 26.6 Å². The molecule has 0 radical (unpaired) electrons. The number of benzene rings is 2. The fourth-order valence-corrected chi connectivity index (χ4v) is 2.68. The summed E-state index contributed by atoms with van der Waals surface area (Å²) in [5, 5.41) is 5.49. The van der Waals surface area contributed by atoms with E-state index in [-0.39, 0.29) is 18.4 Å². The third kappa shape index (κ3) is 5.56. The standard InChI is InChI=1S/C19H20BrFN2O3/c1-3-22-19(25)14-6-4-5-13(9-14)11-23-18(24)12(2)26-17-8-7-15(21)10-16(17)20/h4-10,12H,3,11H2,1-2H3,(H,22,25)(H,23,24). The van der Waals surface area contributed by atoms with Crippen LogP contribution in [0.4, 0.5) is 4.39 Å². The van der Waals surface area contributed by atoms with Crippen molar-refractivity contribution in [2.75, 3.05) is 6.54 Å². The van der Waals surface area contributed by atoms with Gasteiger partial charge in [-0.25, -0.2) is 4.39 Å². The minimum Gasteiger partial charge on any atom is -0.480 e. The zero-order chi connectivity index (χ0) is 19.1. The average Bonchev–Trinajstić information content (AvgIpc) is 2.62. The summed E-state index contributed by atoms with van der Waals surface area (Å²) in [5.74, 6) is -0.483. The Labute approximate surface area is 160 Å². The number of nitrogens with one attached hydrogen (secondary N) is 2. The zero-order valence-electron chi connectivity index (χ0n) is 14.5. The second-order valence-corrected chi connectivity index (χ2v) is 6.47. The number of amides is 2. The second-order valence-electron chi connectivity index (χ2n) is 5.61. The van der Waals surface area contributed by atoms with Crippen LogP contribution in [0.15, 0.2) is 46.9 Å². The highest BCUT2D eigenvalue weighted by atomic mass is 79.9. The molecule has 0 aliphatic rings. The summed E-state index contributed by atoms with van der Waals surface area (Å²) < 4.78 is 19.1. The van der Waals surface area contributed by atoms with Crippen LogP contribution < -0.4 is 15.4 Å². The van der Waals surface area contributed by atoms with Crippen LogP contribution in [0.5, 0.6) is 5.75 Å². The third-order valence-corrected chi connectivity index (χ3v) is 4.18. The van der Waals surface area contributed by atoms with Crippen LogP contribution in [0.25, 0.3) is 0 Å². The van der Waals surface area contributed by atoms with Crippen LogP contribution in [0.3, 0.4) is 0 Å². The van der Waals surface area contributed by atoms with Gasteiger partial charge in [0.05, 0.1) is 4.47 Å².